The first-order valence-electron chi connectivity index (χ1n) is 10.2. The fourth-order valence-electron chi connectivity index (χ4n) is 4.39. The minimum Gasteiger partial charge on any atom is -0.378 e. The van der Waals surface area contributed by atoms with E-state index in [1.165, 1.54) is 12.1 Å². The number of pyridine rings is 1. The Kier molecular flexibility index (Phi) is 4.86. The third kappa shape index (κ3) is 3.31. The quantitative estimate of drug-likeness (QED) is 0.662. The molecule has 2 aromatic heterocycles. The van der Waals surface area contributed by atoms with Crippen molar-refractivity contribution in [2.24, 2.45) is 0 Å². The second kappa shape index (κ2) is 7.68. The van der Waals surface area contributed by atoms with E-state index in [1.54, 1.807) is 15.5 Å². The number of nitrogens with zero attached hydrogens (tertiary/aromatic N) is 4. The number of carbonyl (C=O) groups excluding carboxylic acids is 1. The first-order chi connectivity index (χ1) is 14.6. The lowest BCUT2D eigenvalue weighted by molar-refractivity contribution is 0.0298. The molecule has 6 nitrogen and oxygen atoms in total. The van der Waals surface area contributed by atoms with Crippen LogP contribution in [-0.4, -0.2) is 53.0 Å². The number of anilines is 1. The lowest BCUT2D eigenvalue weighted by Gasteiger charge is -2.28. The van der Waals surface area contributed by atoms with Crippen molar-refractivity contribution in [3.05, 3.63) is 65.6 Å². The van der Waals surface area contributed by atoms with Gasteiger partial charge in [-0.05, 0) is 43.2 Å². The Morgan fingerprint density at radius 1 is 1.10 bits per heavy atom. The number of halogens is 2. The zero-order valence-electron chi connectivity index (χ0n) is 16.4. The normalized spacial score (nSPS) is 19.6. The van der Waals surface area contributed by atoms with Crippen molar-refractivity contribution in [3.8, 4) is 0 Å². The molecule has 1 unspecified atom stereocenters. The molecule has 1 aromatic carbocycles. The number of morpholine rings is 1. The molecule has 1 atom stereocenters. The smallest absolute Gasteiger partial charge is 0.272 e. The van der Waals surface area contributed by atoms with Gasteiger partial charge >= 0.3 is 0 Å². The summed E-state index contributed by atoms with van der Waals surface area (Å²) in [6, 6.07) is 7.11. The molecule has 0 bridgehead atoms. The van der Waals surface area contributed by atoms with Crippen molar-refractivity contribution in [3.63, 3.8) is 0 Å². The SMILES string of the molecule is O=C(c1cnc2ccc(N3CCCC3c3cc(F)ccc3F)cn12)N1CCOCC1. The maximum absolute atomic E-state index is 14.4. The van der Waals surface area contributed by atoms with Gasteiger partial charge in [-0.1, -0.05) is 0 Å². The molecule has 2 aliphatic heterocycles. The van der Waals surface area contributed by atoms with Crippen LogP contribution >= 0.6 is 0 Å². The number of carbonyl (C=O) groups is 1. The molecule has 2 aliphatic rings. The summed E-state index contributed by atoms with van der Waals surface area (Å²) >= 11 is 0. The van der Waals surface area contributed by atoms with Crippen molar-refractivity contribution < 1.29 is 18.3 Å². The van der Waals surface area contributed by atoms with Gasteiger partial charge in [-0.2, -0.15) is 0 Å². The lowest BCUT2D eigenvalue weighted by Crippen LogP contribution is -2.41. The van der Waals surface area contributed by atoms with Crippen LogP contribution in [0.4, 0.5) is 14.5 Å². The van der Waals surface area contributed by atoms with Gasteiger partial charge in [-0.25, -0.2) is 13.8 Å². The van der Waals surface area contributed by atoms with E-state index >= 15 is 0 Å². The van der Waals surface area contributed by atoms with Gasteiger partial charge < -0.3 is 14.5 Å². The largest absolute Gasteiger partial charge is 0.378 e. The molecule has 156 valence electrons. The fraction of sp³-hybridized carbons (Fsp3) is 0.364. The number of hydrogen-bond acceptors (Lipinski definition) is 4. The van der Waals surface area contributed by atoms with E-state index in [1.807, 2.05) is 18.3 Å². The number of amides is 1. The number of fused-ring (bicyclic) bond motifs is 1. The Morgan fingerprint density at radius 2 is 1.93 bits per heavy atom. The minimum atomic E-state index is -0.443. The van der Waals surface area contributed by atoms with E-state index < -0.39 is 11.6 Å². The van der Waals surface area contributed by atoms with E-state index in [4.69, 9.17) is 4.74 Å². The summed E-state index contributed by atoms with van der Waals surface area (Å²) in [5, 5.41) is 0. The van der Waals surface area contributed by atoms with Crippen LogP contribution in [0, 0.1) is 11.6 Å². The molecule has 3 aromatic rings. The predicted octanol–water partition coefficient (Wildman–Crippen LogP) is 3.43. The minimum absolute atomic E-state index is 0.0860. The van der Waals surface area contributed by atoms with Gasteiger partial charge in [-0.15, -0.1) is 0 Å². The van der Waals surface area contributed by atoms with Crippen molar-refractivity contribution in [1.29, 1.82) is 0 Å². The Labute approximate surface area is 172 Å². The van der Waals surface area contributed by atoms with Crippen LogP contribution in [0.3, 0.4) is 0 Å². The van der Waals surface area contributed by atoms with Gasteiger partial charge in [-0.3, -0.25) is 9.20 Å². The molecule has 0 radical (unpaired) electrons. The summed E-state index contributed by atoms with van der Waals surface area (Å²) in [6.45, 7) is 2.90. The molecule has 0 N–H and O–H groups in total. The zero-order valence-corrected chi connectivity index (χ0v) is 16.4. The van der Waals surface area contributed by atoms with Crippen molar-refractivity contribution in [2.45, 2.75) is 18.9 Å². The molecule has 2 saturated heterocycles. The molecule has 0 spiro atoms. The molecule has 2 fully saturated rings. The third-order valence-electron chi connectivity index (χ3n) is 5.91. The second-order valence-electron chi connectivity index (χ2n) is 7.68. The van der Waals surface area contributed by atoms with Crippen LogP contribution < -0.4 is 4.90 Å². The number of rotatable bonds is 3. The summed E-state index contributed by atoms with van der Waals surface area (Å²) in [5.41, 5.74) is 2.37. The molecule has 30 heavy (non-hydrogen) atoms. The van der Waals surface area contributed by atoms with Gasteiger partial charge in [0.15, 0.2) is 0 Å². The number of hydrogen-bond donors (Lipinski definition) is 0. The molecular weight excluding hydrogens is 390 g/mol. The summed E-state index contributed by atoms with van der Waals surface area (Å²) in [4.78, 5) is 21.2. The molecular formula is C22H22F2N4O2. The van der Waals surface area contributed by atoms with Gasteiger partial charge in [0.2, 0.25) is 0 Å². The van der Waals surface area contributed by atoms with Gasteiger partial charge in [0.05, 0.1) is 31.1 Å². The monoisotopic (exact) mass is 412 g/mol. The van der Waals surface area contributed by atoms with E-state index in [0.717, 1.165) is 31.1 Å². The third-order valence-corrected chi connectivity index (χ3v) is 5.91. The van der Waals surface area contributed by atoms with Crippen LogP contribution in [0.5, 0.6) is 0 Å². The maximum Gasteiger partial charge on any atom is 0.272 e. The Hall–Kier alpha value is -3.00. The highest BCUT2D eigenvalue weighted by Gasteiger charge is 2.29. The van der Waals surface area contributed by atoms with E-state index in [2.05, 4.69) is 9.88 Å². The van der Waals surface area contributed by atoms with E-state index in [0.29, 0.717) is 43.2 Å². The predicted molar refractivity (Wildman–Crippen MR) is 108 cm³/mol. The van der Waals surface area contributed by atoms with Crippen molar-refractivity contribution >= 4 is 17.2 Å². The van der Waals surface area contributed by atoms with Crippen LogP contribution in [0.2, 0.25) is 0 Å². The summed E-state index contributed by atoms with van der Waals surface area (Å²) in [7, 11) is 0. The average molecular weight is 412 g/mol. The molecule has 5 rings (SSSR count). The van der Waals surface area contributed by atoms with Gasteiger partial charge in [0.1, 0.15) is 23.0 Å². The van der Waals surface area contributed by atoms with Crippen molar-refractivity contribution in [1.82, 2.24) is 14.3 Å². The number of benzene rings is 1. The van der Waals surface area contributed by atoms with Crippen LogP contribution in [0.25, 0.3) is 5.65 Å². The highest BCUT2D eigenvalue weighted by atomic mass is 19.1. The summed E-state index contributed by atoms with van der Waals surface area (Å²) in [6.07, 6.45) is 5.07. The topological polar surface area (TPSA) is 50.1 Å². The second-order valence-corrected chi connectivity index (χ2v) is 7.68. The zero-order chi connectivity index (χ0) is 20.7. The average Bonchev–Trinajstić information content (AvgIpc) is 3.42. The van der Waals surface area contributed by atoms with Crippen molar-refractivity contribution in [2.75, 3.05) is 37.7 Å². The Morgan fingerprint density at radius 3 is 2.77 bits per heavy atom. The van der Waals surface area contributed by atoms with Gasteiger partial charge in [0.25, 0.3) is 5.91 Å². The Balaban J connectivity index is 1.50. The molecule has 1 amide bonds. The first-order valence-corrected chi connectivity index (χ1v) is 10.2. The Bertz CT molecular complexity index is 1090. The molecule has 4 heterocycles. The maximum atomic E-state index is 14.4. The van der Waals surface area contributed by atoms with Crippen LogP contribution in [0.15, 0.2) is 42.7 Å². The van der Waals surface area contributed by atoms with Gasteiger partial charge in [0, 0.05) is 31.4 Å². The van der Waals surface area contributed by atoms with Crippen LogP contribution in [-0.2, 0) is 4.74 Å². The molecule has 8 heteroatoms. The standard InChI is InChI=1S/C22H22F2N4O2/c23-15-3-5-18(24)17(12-15)19-2-1-7-27(19)16-4-6-21-25-13-20(28(21)14-16)22(29)26-8-10-30-11-9-26/h3-6,12-14,19H,1-2,7-11H2. The first kappa shape index (κ1) is 19.0. The summed E-state index contributed by atoms with van der Waals surface area (Å²) < 4.78 is 35.3. The fourth-order valence-corrected chi connectivity index (χ4v) is 4.39. The van der Waals surface area contributed by atoms with E-state index in [9.17, 15) is 13.6 Å². The molecule has 0 saturated carbocycles. The summed E-state index contributed by atoms with van der Waals surface area (Å²) in [5.74, 6) is -0.931. The highest BCUT2D eigenvalue weighted by molar-refractivity contribution is 5.93. The highest BCUT2D eigenvalue weighted by Crippen LogP contribution is 2.37. The molecule has 0 aliphatic carbocycles. The van der Waals surface area contributed by atoms with Crippen LogP contribution in [0.1, 0.15) is 34.9 Å². The number of ether oxygens (including phenoxy) is 1. The number of imidazole rings is 1. The number of aromatic nitrogens is 2. The van der Waals surface area contributed by atoms with E-state index in [-0.39, 0.29) is 11.9 Å². The lowest BCUT2D eigenvalue weighted by atomic mass is 10.0.